The summed E-state index contributed by atoms with van der Waals surface area (Å²) in [6.45, 7) is 2.26. The summed E-state index contributed by atoms with van der Waals surface area (Å²) in [5.41, 5.74) is 6.88. The van der Waals surface area contributed by atoms with E-state index in [1.54, 1.807) is 6.07 Å². The van der Waals surface area contributed by atoms with Crippen molar-refractivity contribution in [3.63, 3.8) is 0 Å². The molecule has 1 aliphatic carbocycles. The van der Waals surface area contributed by atoms with E-state index >= 15 is 0 Å². The van der Waals surface area contributed by atoms with Crippen LogP contribution < -0.4 is 11.1 Å². The summed E-state index contributed by atoms with van der Waals surface area (Å²) in [6.07, 6.45) is 7.76. The van der Waals surface area contributed by atoms with Crippen molar-refractivity contribution in [1.82, 2.24) is 0 Å². The van der Waals surface area contributed by atoms with Gasteiger partial charge in [0.1, 0.15) is 0 Å². The fraction of sp³-hybridized carbons (Fsp3) is 0.562. The molecule has 1 aromatic carbocycles. The topological polar surface area (TPSA) is 55.1 Å². The minimum atomic E-state index is -0.365. The molecule has 19 heavy (non-hydrogen) atoms. The van der Waals surface area contributed by atoms with E-state index in [0.29, 0.717) is 11.6 Å². The number of rotatable bonds is 5. The minimum Gasteiger partial charge on any atom is -0.382 e. The van der Waals surface area contributed by atoms with Crippen molar-refractivity contribution in [2.24, 2.45) is 11.7 Å². The first-order valence-electron chi connectivity index (χ1n) is 7.35. The van der Waals surface area contributed by atoms with Crippen molar-refractivity contribution in [2.75, 3.05) is 5.32 Å². The second-order valence-electron chi connectivity index (χ2n) is 5.60. The number of primary amides is 1. The summed E-state index contributed by atoms with van der Waals surface area (Å²) >= 11 is 0. The van der Waals surface area contributed by atoms with Gasteiger partial charge in [0.25, 0.3) is 0 Å². The highest BCUT2D eigenvalue weighted by Gasteiger charge is 2.20. The van der Waals surface area contributed by atoms with Crippen LogP contribution in [0.2, 0.25) is 0 Å². The zero-order valence-corrected chi connectivity index (χ0v) is 11.7. The largest absolute Gasteiger partial charge is 0.382 e. The number of hydrogen-bond acceptors (Lipinski definition) is 2. The average Bonchev–Trinajstić information content (AvgIpc) is 2.42. The van der Waals surface area contributed by atoms with Gasteiger partial charge in [-0.2, -0.15) is 0 Å². The molecule has 104 valence electrons. The van der Waals surface area contributed by atoms with Gasteiger partial charge in [0.2, 0.25) is 5.91 Å². The number of benzene rings is 1. The molecule has 0 unspecified atom stereocenters. The van der Waals surface area contributed by atoms with Gasteiger partial charge in [-0.25, -0.2) is 0 Å². The zero-order chi connectivity index (χ0) is 13.7. The monoisotopic (exact) mass is 260 g/mol. The van der Waals surface area contributed by atoms with Crippen LogP contribution in [-0.4, -0.2) is 11.9 Å². The smallest absolute Gasteiger partial charge is 0.248 e. The van der Waals surface area contributed by atoms with Gasteiger partial charge in [0, 0.05) is 17.3 Å². The van der Waals surface area contributed by atoms with Gasteiger partial charge in [-0.15, -0.1) is 0 Å². The first-order chi connectivity index (χ1) is 9.19. The lowest BCUT2D eigenvalue weighted by Gasteiger charge is -2.29. The molecule has 0 radical (unpaired) electrons. The Labute approximate surface area is 115 Å². The maximum atomic E-state index is 11.2. The molecule has 0 aromatic heterocycles. The predicted molar refractivity (Wildman–Crippen MR) is 79.2 cm³/mol. The van der Waals surface area contributed by atoms with Gasteiger partial charge in [-0.3, -0.25) is 4.79 Å². The van der Waals surface area contributed by atoms with Crippen molar-refractivity contribution in [3.8, 4) is 0 Å². The first-order valence-corrected chi connectivity index (χ1v) is 7.35. The number of amides is 1. The van der Waals surface area contributed by atoms with E-state index in [9.17, 15) is 4.79 Å². The minimum absolute atomic E-state index is 0.365. The van der Waals surface area contributed by atoms with Crippen LogP contribution >= 0.6 is 0 Å². The number of carbonyl (C=O) groups excluding carboxylic acids is 1. The molecular weight excluding hydrogens is 236 g/mol. The van der Waals surface area contributed by atoms with Crippen LogP contribution in [0.5, 0.6) is 0 Å². The molecule has 1 amide bonds. The summed E-state index contributed by atoms with van der Waals surface area (Å²) in [5, 5.41) is 3.53. The normalized spacial score (nSPS) is 23.0. The van der Waals surface area contributed by atoms with Crippen molar-refractivity contribution >= 4 is 11.6 Å². The molecule has 0 saturated heterocycles. The third kappa shape index (κ3) is 3.98. The zero-order valence-electron chi connectivity index (χ0n) is 11.7. The van der Waals surface area contributed by atoms with Crippen LogP contribution in [0.1, 0.15) is 55.8 Å². The number of anilines is 1. The number of nitrogens with two attached hydrogens (primary N) is 1. The van der Waals surface area contributed by atoms with Crippen LogP contribution in [0.4, 0.5) is 5.69 Å². The summed E-state index contributed by atoms with van der Waals surface area (Å²) < 4.78 is 0. The Morgan fingerprint density at radius 2 is 2.05 bits per heavy atom. The Morgan fingerprint density at radius 1 is 1.32 bits per heavy atom. The molecule has 3 nitrogen and oxygen atoms in total. The highest BCUT2D eigenvalue weighted by molar-refractivity contribution is 5.93. The molecule has 0 bridgehead atoms. The van der Waals surface area contributed by atoms with Gasteiger partial charge in [0.15, 0.2) is 0 Å². The van der Waals surface area contributed by atoms with E-state index in [4.69, 9.17) is 5.73 Å². The van der Waals surface area contributed by atoms with E-state index < -0.39 is 0 Å². The number of carbonyl (C=O) groups is 1. The van der Waals surface area contributed by atoms with E-state index in [1.165, 1.54) is 38.5 Å². The fourth-order valence-electron chi connectivity index (χ4n) is 3.00. The van der Waals surface area contributed by atoms with Gasteiger partial charge in [-0.05, 0) is 49.8 Å². The van der Waals surface area contributed by atoms with E-state index in [1.807, 2.05) is 18.2 Å². The van der Waals surface area contributed by atoms with Crippen LogP contribution in [0.3, 0.4) is 0 Å². The van der Waals surface area contributed by atoms with E-state index in [2.05, 4.69) is 12.2 Å². The third-order valence-electron chi connectivity index (χ3n) is 4.06. The Bertz CT molecular complexity index is 423. The standard InChI is InChI=1S/C16H24N2O/c1-2-4-12-7-9-14(10-8-12)18-15-6-3-5-13(11-15)16(17)19/h3,5-6,11-12,14,18H,2,4,7-10H2,1H3,(H2,17,19). The molecule has 2 rings (SSSR count). The molecule has 0 heterocycles. The molecule has 0 aliphatic heterocycles. The van der Waals surface area contributed by atoms with Crippen LogP contribution in [-0.2, 0) is 0 Å². The maximum Gasteiger partial charge on any atom is 0.248 e. The lowest BCUT2D eigenvalue weighted by Crippen LogP contribution is -2.26. The first kappa shape index (κ1) is 13.9. The molecule has 0 spiro atoms. The van der Waals surface area contributed by atoms with Crippen LogP contribution in [0, 0.1) is 5.92 Å². The second kappa shape index (κ2) is 6.60. The van der Waals surface area contributed by atoms with Crippen LogP contribution in [0.25, 0.3) is 0 Å². The summed E-state index contributed by atoms with van der Waals surface area (Å²) in [7, 11) is 0. The van der Waals surface area contributed by atoms with Crippen molar-refractivity contribution in [3.05, 3.63) is 29.8 Å². The predicted octanol–water partition coefficient (Wildman–Crippen LogP) is 3.56. The van der Waals surface area contributed by atoms with Gasteiger partial charge in [-0.1, -0.05) is 25.8 Å². The lowest BCUT2D eigenvalue weighted by molar-refractivity contribution is 0.100. The average molecular weight is 260 g/mol. The van der Waals surface area contributed by atoms with Gasteiger partial charge >= 0.3 is 0 Å². The number of hydrogen-bond donors (Lipinski definition) is 2. The van der Waals surface area contributed by atoms with Gasteiger partial charge < -0.3 is 11.1 Å². The quantitative estimate of drug-likeness (QED) is 0.850. The van der Waals surface area contributed by atoms with Gasteiger partial charge in [0.05, 0.1) is 0 Å². The lowest BCUT2D eigenvalue weighted by atomic mass is 9.83. The third-order valence-corrected chi connectivity index (χ3v) is 4.06. The fourth-order valence-corrected chi connectivity index (χ4v) is 3.00. The molecular formula is C16H24N2O. The van der Waals surface area contributed by atoms with E-state index in [0.717, 1.165) is 11.6 Å². The van der Waals surface area contributed by atoms with Crippen molar-refractivity contribution in [1.29, 1.82) is 0 Å². The Balaban J connectivity index is 1.88. The summed E-state index contributed by atoms with van der Waals surface area (Å²) in [5.74, 6) is 0.551. The Kier molecular flexibility index (Phi) is 4.83. The summed E-state index contributed by atoms with van der Waals surface area (Å²) in [6, 6.07) is 8.03. The van der Waals surface area contributed by atoms with Crippen molar-refractivity contribution in [2.45, 2.75) is 51.5 Å². The van der Waals surface area contributed by atoms with Crippen molar-refractivity contribution < 1.29 is 4.79 Å². The molecule has 1 aliphatic rings. The Morgan fingerprint density at radius 3 is 2.68 bits per heavy atom. The highest BCUT2D eigenvalue weighted by atomic mass is 16.1. The molecule has 3 heteroatoms. The molecule has 1 aromatic rings. The second-order valence-corrected chi connectivity index (χ2v) is 5.60. The molecule has 0 atom stereocenters. The van der Waals surface area contributed by atoms with E-state index in [-0.39, 0.29) is 5.91 Å². The molecule has 1 saturated carbocycles. The number of nitrogens with one attached hydrogen (secondary N) is 1. The van der Waals surface area contributed by atoms with Crippen LogP contribution in [0.15, 0.2) is 24.3 Å². The highest BCUT2D eigenvalue weighted by Crippen LogP contribution is 2.29. The Hall–Kier alpha value is -1.51. The summed E-state index contributed by atoms with van der Waals surface area (Å²) in [4.78, 5) is 11.2. The molecule has 3 N–H and O–H groups in total. The SMILES string of the molecule is CCCC1CCC(Nc2cccc(C(N)=O)c2)CC1. The maximum absolute atomic E-state index is 11.2. The molecule has 1 fully saturated rings.